The van der Waals surface area contributed by atoms with Gasteiger partial charge in [0.25, 0.3) is 0 Å². The summed E-state index contributed by atoms with van der Waals surface area (Å²) in [5, 5.41) is 0.841. The SMILES string of the molecule is CCOc1ccc2nc(Sc3ccnc(CN)c3)[nH]c2c1. The third kappa shape index (κ3) is 3.17. The first-order valence-corrected chi connectivity index (χ1v) is 7.55. The molecule has 2 heterocycles. The van der Waals surface area contributed by atoms with Crippen LogP contribution >= 0.6 is 11.8 Å². The first-order valence-electron chi connectivity index (χ1n) is 6.74. The molecular formula is C15H16N4OS. The predicted octanol–water partition coefficient (Wildman–Crippen LogP) is 2.97. The van der Waals surface area contributed by atoms with E-state index in [2.05, 4.69) is 15.0 Å². The van der Waals surface area contributed by atoms with Crippen molar-refractivity contribution in [3.63, 3.8) is 0 Å². The van der Waals surface area contributed by atoms with E-state index in [0.29, 0.717) is 13.2 Å². The van der Waals surface area contributed by atoms with Crippen LogP contribution < -0.4 is 10.5 Å². The number of rotatable bonds is 5. The molecule has 0 radical (unpaired) electrons. The van der Waals surface area contributed by atoms with E-state index in [1.165, 1.54) is 0 Å². The number of nitrogens with one attached hydrogen (secondary N) is 1. The van der Waals surface area contributed by atoms with Gasteiger partial charge in [-0.1, -0.05) is 11.8 Å². The molecular weight excluding hydrogens is 284 g/mol. The van der Waals surface area contributed by atoms with Gasteiger partial charge < -0.3 is 15.5 Å². The van der Waals surface area contributed by atoms with Crippen molar-refractivity contribution in [2.45, 2.75) is 23.5 Å². The molecule has 5 nitrogen and oxygen atoms in total. The smallest absolute Gasteiger partial charge is 0.171 e. The molecule has 21 heavy (non-hydrogen) atoms. The molecule has 0 saturated carbocycles. The normalized spacial score (nSPS) is 11.0. The fraction of sp³-hybridized carbons (Fsp3) is 0.200. The molecule has 3 N–H and O–H groups in total. The van der Waals surface area contributed by atoms with Crippen molar-refractivity contribution in [2.24, 2.45) is 5.73 Å². The highest BCUT2D eigenvalue weighted by molar-refractivity contribution is 7.99. The average molecular weight is 300 g/mol. The standard InChI is InChI=1S/C15H16N4OS/c1-2-20-11-3-4-13-14(8-11)19-15(18-13)21-12-5-6-17-10(7-12)9-16/h3-8H,2,9,16H2,1H3,(H,18,19). The second-order valence-electron chi connectivity index (χ2n) is 4.44. The van der Waals surface area contributed by atoms with Crippen LogP contribution in [0.2, 0.25) is 0 Å². The van der Waals surface area contributed by atoms with Crippen LogP contribution in [0.5, 0.6) is 5.75 Å². The molecule has 0 unspecified atom stereocenters. The Hall–Kier alpha value is -2.05. The summed E-state index contributed by atoms with van der Waals surface area (Å²) >= 11 is 1.56. The van der Waals surface area contributed by atoms with Crippen LogP contribution in [0.1, 0.15) is 12.6 Å². The van der Waals surface area contributed by atoms with Gasteiger partial charge in [-0.25, -0.2) is 4.98 Å². The maximum Gasteiger partial charge on any atom is 0.171 e. The Bertz CT molecular complexity index is 756. The van der Waals surface area contributed by atoms with E-state index in [4.69, 9.17) is 10.5 Å². The summed E-state index contributed by atoms with van der Waals surface area (Å²) in [6.45, 7) is 3.06. The lowest BCUT2D eigenvalue weighted by atomic mass is 10.3. The van der Waals surface area contributed by atoms with E-state index in [1.807, 2.05) is 37.3 Å². The average Bonchev–Trinajstić information content (AvgIpc) is 2.89. The van der Waals surface area contributed by atoms with Crippen molar-refractivity contribution in [1.82, 2.24) is 15.0 Å². The zero-order chi connectivity index (χ0) is 14.7. The number of imidazole rings is 1. The summed E-state index contributed by atoms with van der Waals surface area (Å²) in [4.78, 5) is 13.1. The van der Waals surface area contributed by atoms with Gasteiger partial charge in [0.1, 0.15) is 5.75 Å². The van der Waals surface area contributed by atoms with Crippen molar-refractivity contribution in [3.05, 3.63) is 42.2 Å². The fourth-order valence-corrected chi connectivity index (χ4v) is 2.87. The molecule has 0 aliphatic rings. The number of fused-ring (bicyclic) bond motifs is 1. The molecule has 0 bridgehead atoms. The van der Waals surface area contributed by atoms with Gasteiger partial charge in [0.2, 0.25) is 0 Å². The molecule has 0 spiro atoms. The van der Waals surface area contributed by atoms with Crippen LogP contribution in [-0.2, 0) is 6.54 Å². The lowest BCUT2D eigenvalue weighted by Crippen LogP contribution is -1.98. The maximum atomic E-state index is 5.61. The van der Waals surface area contributed by atoms with Crippen molar-refractivity contribution in [3.8, 4) is 5.75 Å². The van der Waals surface area contributed by atoms with Crippen molar-refractivity contribution >= 4 is 22.8 Å². The Morgan fingerprint density at radius 3 is 3.00 bits per heavy atom. The van der Waals surface area contributed by atoms with Gasteiger partial charge in [0, 0.05) is 23.7 Å². The van der Waals surface area contributed by atoms with Crippen molar-refractivity contribution < 1.29 is 4.74 Å². The van der Waals surface area contributed by atoms with Crippen LogP contribution in [0, 0.1) is 0 Å². The van der Waals surface area contributed by atoms with E-state index in [1.54, 1.807) is 18.0 Å². The number of hydrogen-bond acceptors (Lipinski definition) is 5. The quantitative estimate of drug-likeness (QED) is 0.757. The molecule has 2 aromatic heterocycles. The van der Waals surface area contributed by atoms with E-state index < -0.39 is 0 Å². The summed E-state index contributed by atoms with van der Waals surface area (Å²) < 4.78 is 5.50. The molecule has 3 rings (SSSR count). The lowest BCUT2D eigenvalue weighted by Gasteiger charge is -2.01. The molecule has 6 heteroatoms. The third-order valence-corrected chi connectivity index (χ3v) is 3.83. The highest BCUT2D eigenvalue weighted by Crippen LogP contribution is 2.28. The van der Waals surface area contributed by atoms with Gasteiger partial charge in [0.05, 0.1) is 23.3 Å². The minimum absolute atomic E-state index is 0.437. The zero-order valence-corrected chi connectivity index (χ0v) is 12.5. The Labute approximate surface area is 126 Å². The van der Waals surface area contributed by atoms with E-state index in [-0.39, 0.29) is 0 Å². The Morgan fingerprint density at radius 1 is 1.29 bits per heavy atom. The van der Waals surface area contributed by atoms with Gasteiger partial charge in [0.15, 0.2) is 5.16 Å². The summed E-state index contributed by atoms with van der Waals surface area (Å²) in [5.74, 6) is 0.847. The molecule has 1 aromatic carbocycles. The fourth-order valence-electron chi connectivity index (χ4n) is 2.01. The topological polar surface area (TPSA) is 76.8 Å². The zero-order valence-electron chi connectivity index (χ0n) is 11.7. The van der Waals surface area contributed by atoms with Gasteiger partial charge in [-0.05, 0) is 31.2 Å². The molecule has 0 saturated heterocycles. The number of aromatic nitrogens is 3. The second-order valence-corrected chi connectivity index (χ2v) is 5.51. The van der Waals surface area contributed by atoms with Gasteiger partial charge in [-0.2, -0.15) is 0 Å². The molecule has 0 aliphatic carbocycles. The van der Waals surface area contributed by atoms with Gasteiger partial charge in [-0.3, -0.25) is 4.98 Å². The van der Waals surface area contributed by atoms with Crippen LogP contribution in [0.4, 0.5) is 0 Å². The number of hydrogen-bond donors (Lipinski definition) is 2. The van der Waals surface area contributed by atoms with Crippen LogP contribution in [-0.4, -0.2) is 21.6 Å². The van der Waals surface area contributed by atoms with Crippen LogP contribution in [0.3, 0.4) is 0 Å². The summed E-state index contributed by atoms with van der Waals surface area (Å²) in [7, 11) is 0. The third-order valence-electron chi connectivity index (χ3n) is 2.95. The number of nitrogens with zero attached hydrogens (tertiary/aromatic N) is 2. The number of benzene rings is 1. The lowest BCUT2D eigenvalue weighted by molar-refractivity contribution is 0.340. The van der Waals surface area contributed by atoms with Crippen molar-refractivity contribution in [2.75, 3.05) is 6.61 Å². The van der Waals surface area contributed by atoms with Gasteiger partial charge in [-0.15, -0.1) is 0 Å². The van der Waals surface area contributed by atoms with E-state index in [0.717, 1.165) is 32.5 Å². The summed E-state index contributed by atoms with van der Waals surface area (Å²) in [6.07, 6.45) is 1.76. The summed E-state index contributed by atoms with van der Waals surface area (Å²) in [5.41, 5.74) is 8.37. The number of nitrogens with two attached hydrogens (primary N) is 1. The van der Waals surface area contributed by atoms with Crippen LogP contribution in [0.25, 0.3) is 11.0 Å². The first-order chi connectivity index (χ1) is 10.3. The highest BCUT2D eigenvalue weighted by atomic mass is 32.2. The Balaban J connectivity index is 1.86. The first kappa shape index (κ1) is 13.9. The maximum absolute atomic E-state index is 5.61. The van der Waals surface area contributed by atoms with E-state index in [9.17, 15) is 0 Å². The van der Waals surface area contributed by atoms with Crippen molar-refractivity contribution in [1.29, 1.82) is 0 Å². The molecule has 3 aromatic rings. The van der Waals surface area contributed by atoms with Crippen LogP contribution in [0.15, 0.2) is 46.6 Å². The molecule has 0 fully saturated rings. The number of aromatic amines is 1. The Kier molecular flexibility index (Phi) is 4.08. The highest BCUT2D eigenvalue weighted by Gasteiger charge is 2.06. The second kappa shape index (κ2) is 6.15. The molecule has 0 atom stereocenters. The number of H-pyrrole nitrogens is 1. The number of pyridine rings is 1. The monoisotopic (exact) mass is 300 g/mol. The minimum Gasteiger partial charge on any atom is -0.494 e. The molecule has 108 valence electrons. The summed E-state index contributed by atoms with van der Waals surface area (Å²) in [6, 6.07) is 9.78. The molecule has 0 aliphatic heterocycles. The Morgan fingerprint density at radius 2 is 2.19 bits per heavy atom. The van der Waals surface area contributed by atoms with Gasteiger partial charge >= 0.3 is 0 Å². The predicted molar refractivity (Wildman–Crippen MR) is 83.5 cm³/mol. The largest absolute Gasteiger partial charge is 0.494 e. The minimum atomic E-state index is 0.437. The van der Waals surface area contributed by atoms with E-state index >= 15 is 0 Å². The molecule has 0 amide bonds. The number of ether oxygens (including phenoxy) is 1.